The molecule has 176 valence electrons. The average molecular weight is 463 g/mol. The van der Waals surface area contributed by atoms with Gasteiger partial charge in [0.15, 0.2) is 0 Å². The van der Waals surface area contributed by atoms with Gasteiger partial charge in [-0.05, 0) is 56.3 Å². The summed E-state index contributed by atoms with van der Waals surface area (Å²) in [5.74, 6) is -1.49. The molecule has 1 amide bonds. The van der Waals surface area contributed by atoms with Crippen LogP contribution in [0.5, 0.6) is 0 Å². The summed E-state index contributed by atoms with van der Waals surface area (Å²) in [6, 6.07) is 14.0. The first-order valence-electron chi connectivity index (χ1n) is 11.0. The van der Waals surface area contributed by atoms with E-state index in [-0.39, 0.29) is 28.6 Å². The summed E-state index contributed by atoms with van der Waals surface area (Å²) in [5.41, 5.74) is 2.67. The Bertz CT molecular complexity index is 1170. The summed E-state index contributed by atoms with van der Waals surface area (Å²) in [6.45, 7) is 1.71. The molecule has 0 unspecified atom stereocenters. The van der Waals surface area contributed by atoms with E-state index in [2.05, 4.69) is 15.7 Å². The lowest BCUT2D eigenvalue weighted by Crippen LogP contribution is -2.29. The number of carbonyl (C=O) groups excluding carboxylic acids is 3. The summed E-state index contributed by atoms with van der Waals surface area (Å²) in [7, 11) is 2.49. The first-order valence-corrected chi connectivity index (χ1v) is 11.0. The van der Waals surface area contributed by atoms with Crippen LogP contribution in [0.3, 0.4) is 0 Å². The van der Waals surface area contributed by atoms with E-state index in [0.29, 0.717) is 5.56 Å². The van der Waals surface area contributed by atoms with Gasteiger partial charge in [0.1, 0.15) is 0 Å². The fourth-order valence-electron chi connectivity index (χ4n) is 4.17. The standard InChI is InChI=1S/C25H26N4O5/c1-33-24(31)17-12-18(25(32)34-2)14-19(13-17)28-23(30)21-15-27-29(20-6-4-3-5-7-20)22(21)16-8-10-26-11-9-16/h3-7,12-16,26H,8-11H2,1-2H3,(H,28,30). The van der Waals surface area contributed by atoms with Crippen molar-refractivity contribution in [3.8, 4) is 5.69 Å². The highest BCUT2D eigenvalue weighted by Gasteiger charge is 2.27. The minimum absolute atomic E-state index is 0.124. The third kappa shape index (κ3) is 4.84. The van der Waals surface area contributed by atoms with Crippen LogP contribution in [0, 0.1) is 0 Å². The second kappa shape index (κ2) is 10.3. The lowest BCUT2D eigenvalue weighted by atomic mass is 9.91. The lowest BCUT2D eigenvalue weighted by molar-refractivity contribution is 0.0599. The number of ether oxygens (including phenoxy) is 2. The molecule has 9 nitrogen and oxygen atoms in total. The average Bonchev–Trinajstić information content (AvgIpc) is 3.34. The van der Waals surface area contributed by atoms with Crippen LogP contribution >= 0.6 is 0 Å². The van der Waals surface area contributed by atoms with Crippen molar-refractivity contribution < 1.29 is 23.9 Å². The van der Waals surface area contributed by atoms with E-state index in [1.165, 1.54) is 32.4 Å². The summed E-state index contributed by atoms with van der Waals surface area (Å²) < 4.78 is 11.4. The maximum atomic E-state index is 13.4. The molecular weight excluding hydrogens is 436 g/mol. The molecule has 0 spiro atoms. The number of carbonyl (C=O) groups is 3. The quantitative estimate of drug-likeness (QED) is 0.541. The second-order valence-electron chi connectivity index (χ2n) is 7.95. The van der Waals surface area contributed by atoms with E-state index < -0.39 is 11.9 Å². The summed E-state index contributed by atoms with van der Waals surface area (Å²) in [4.78, 5) is 37.6. The van der Waals surface area contributed by atoms with Gasteiger partial charge in [-0.3, -0.25) is 4.79 Å². The molecule has 2 N–H and O–H groups in total. The number of piperidine rings is 1. The number of nitrogens with one attached hydrogen (secondary N) is 2. The smallest absolute Gasteiger partial charge is 0.337 e. The van der Waals surface area contributed by atoms with Crippen LogP contribution in [0.4, 0.5) is 5.69 Å². The maximum Gasteiger partial charge on any atom is 0.337 e. The molecule has 4 rings (SSSR count). The van der Waals surface area contributed by atoms with Gasteiger partial charge < -0.3 is 20.1 Å². The number of rotatable bonds is 6. The number of hydrogen-bond acceptors (Lipinski definition) is 7. The van der Waals surface area contributed by atoms with Gasteiger partial charge in [-0.1, -0.05) is 18.2 Å². The van der Waals surface area contributed by atoms with Gasteiger partial charge in [-0.25, -0.2) is 14.3 Å². The number of aromatic nitrogens is 2. The van der Waals surface area contributed by atoms with Crippen molar-refractivity contribution in [1.29, 1.82) is 0 Å². The number of nitrogens with zero attached hydrogens (tertiary/aromatic N) is 2. The molecule has 34 heavy (non-hydrogen) atoms. The van der Waals surface area contributed by atoms with Gasteiger partial charge in [0, 0.05) is 11.6 Å². The van der Waals surface area contributed by atoms with Gasteiger partial charge >= 0.3 is 11.9 Å². The minimum Gasteiger partial charge on any atom is -0.465 e. The third-order valence-corrected chi connectivity index (χ3v) is 5.81. The summed E-state index contributed by atoms with van der Waals surface area (Å²) in [5, 5.41) is 10.7. The zero-order valence-electron chi connectivity index (χ0n) is 19.0. The van der Waals surface area contributed by atoms with E-state index in [0.717, 1.165) is 37.3 Å². The predicted octanol–water partition coefficient (Wildman–Crippen LogP) is 3.16. The van der Waals surface area contributed by atoms with Crippen molar-refractivity contribution >= 4 is 23.5 Å². The van der Waals surface area contributed by atoms with Crippen LogP contribution in [0.2, 0.25) is 0 Å². The number of anilines is 1. The molecule has 1 fully saturated rings. The fourth-order valence-corrected chi connectivity index (χ4v) is 4.17. The molecule has 1 aliphatic rings. The predicted molar refractivity (Wildman–Crippen MR) is 125 cm³/mol. The largest absolute Gasteiger partial charge is 0.465 e. The number of esters is 2. The van der Waals surface area contributed by atoms with Crippen molar-refractivity contribution in [2.24, 2.45) is 0 Å². The summed E-state index contributed by atoms with van der Waals surface area (Å²) in [6.07, 6.45) is 3.32. The second-order valence-corrected chi connectivity index (χ2v) is 7.95. The molecule has 2 aromatic carbocycles. The Morgan fingerprint density at radius 2 is 1.59 bits per heavy atom. The number of para-hydroxylation sites is 1. The fraction of sp³-hybridized carbons (Fsp3) is 0.280. The van der Waals surface area contributed by atoms with Crippen LogP contribution in [-0.2, 0) is 9.47 Å². The van der Waals surface area contributed by atoms with Crippen molar-refractivity contribution in [2.45, 2.75) is 18.8 Å². The molecule has 9 heteroatoms. The number of hydrogen-bond donors (Lipinski definition) is 2. The molecule has 0 atom stereocenters. The molecule has 0 aliphatic carbocycles. The third-order valence-electron chi connectivity index (χ3n) is 5.81. The first-order chi connectivity index (χ1) is 16.5. The number of methoxy groups -OCH3 is 2. The Morgan fingerprint density at radius 1 is 0.971 bits per heavy atom. The van der Waals surface area contributed by atoms with Crippen LogP contribution in [-0.4, -0.2) is 54.9 Å². The Balaban J connectivity index is 1.71. The van der Waals surface area contributed by atoms with Crippen molar-refractivity contribution in [3.05, 3.63) is 77.1 Å². The molecule has 0 radical (unpaired) electrons. The first kappa shape index (κ1) is 23.2. The zero-order chi connectivity index (χ0) is 24.1. The summed E-state index contributed by atoms with van der Waals surface area (Å²) >= 11 is 0. The number of amides is 1. The van der Waals surface area contributed by atoms with Crippen molar-refractivity contribution in [2.75, 3.05) is 32.6 Å². The van der Waals surface area contributed by atoms with E-state index in [1.54, 1.807) is 6.20 Å². The monoisotopic (exact) mass is 462 g/mol. The highest BCUT2D eigenvalue weighted by Crippen LogP contribution is 2.31. The van der Waals surface area contributed by atoms with E-state index >= 15 is 0 Å². The van der Waals surface area contributed by atoms with Crippen LogP contribution < -0.4 is 10.6 Å². The molecule has 0 bridgehead atoms. The van der Waals surface area contributed by atoms with Gasteiger partial charge in [0.25, 0.3) is 5.91 Å². The zero-order valence-corrected chi connectivity index (χ0v) is 19.0. The molecule has 1 aromatic heterocycles. The SMILES string of the molecule is COC(=O)c1cc(NC(=O)c2cnn(-c3ccccc3)c2C2CCNCC2)cc(C(=O)OC)c1. The molecule has 1 saturated heterocycles. The Kier molecular flexibility index (Phi) is 7.03. The molecule has 0 saturated carbocycles. The molecule has 3 aromatic rings. The van der Waals surface area contributed by atoms with Crippen molar-refractivity contribution in [1.82, 2.24) is 15.1 Å². The highest BCUT2D eigenvalue weighted by atomic mass is 16.5. The molecule has 1 aliphatic heterocycles. The van der Waals surface area contributed by atoms with Crippen LogP contribution in [0.15, 0.2) is 54.7 Å². The Labute approximate surface area is 197 Å². The molecule has 2 heterocycles. The van der Waals surface area contributed by atoms with E-state index in [1.807, 2.05) is 35.0 Å². The molecular formula is C25H26N4O5. The van der Waals surface area contributed by atoms with Crippen LogP contribution in [0.1, 0.15) is 55.5 Å². The van der Waals surface area contributed by atoms with Crippen LogP contribution in [0.25, 0.3) is 5.69 Å². The van der Waals surface area contributed by atoms with Crippen molar-refractivity contribution in [3.63, 3.8) is 0 Å². The normalized spacial score (nSPS) is 13.8. The highest BCUT2D eigenvalue weighted by molar-refractivity contribution is 6.06. The lowest BCUT2D eigenvalue weighted by Gasteiger charge is -2.24. The topological polar surface area (TPSA) is 112 Å². The minimum atomic E-state index is -0.631. The number of benzene rings is 2. The van der Waals surface area contributed by atoms with Gasteiger partial charge in [0.2, 0.25) is 0 Å². The Hall–Kier alpha value is -3.98. The van der Waals surface area contributed by atoms with E-state index in [4.69, 9.17) is 9.47 Å². The Morgan fingerprint density at radius 3 is 2.18 bits per heavy atom. The van der Waals surface area contributed by atoms with E-state index in [9.17, 15) is 14.4 Å². The van der Waals surface area contributed by atoms with Gasteiger partial charge in [-0.2, -0.15) is 5.10 Å². The van der Waals surface area contributed by atoms with Gasteiger partial charge in [0.05, 0.1) is 48.5 Å². The van der Waals surface area contributed by atoms with Gasteiger partial charge in [-0.15, -0.1) is 0 Å². The maximum absolute atomic E-state index is 13.4.